The second-order valence-electron chi connectivity index (χ2n) is 4.05. The molecule has 100 valence electrons. The Balaban J connectivity index is 2.21. The molecule has 0 fully saturated rings. The van der Waals surface area contributed by atoms with E-state index in [1.807, 2.05) is 0 Å². The van der Waals surface area contributed by atoms with Crippen molar-refractivity contribution in [2.45, 2.75) is 0 Å². The molecule has 0 radical (unpaired) electrons. The molecule has 3 rings (SSSR count). The normalized spacial score (nSPS) is 10.7. The molecule has 0 aliphatic carbocycles. The van der Waals surface area contributed by atoms with Crippen LogP contribution in [0.3, 0.4) is 0 Å². The first-order chi connectivity index (χ1) is 9.70. The zero-order chi connectivity index (χ0) is 14.1. The van der Waals surface area contributed by atoms with E-state index >= 15 is 0 Å². The molecule has 0 spiro atoms. The van der Waals surface area contributed by atoms with Gasteiger partial charge in [0.1, 0.15) is 11.5 Å². The van der Waals surface area contributed by atoms with Crippen LogP contribution in [0.25, 0.3) is 17.1 Å². The lowest BCUT2D eigenvalue weighted by molar-refractivity contribution is 0.112. The number of benzene rings is 1. The molecule has 0 unspecified atom stereocenters. The fraction of sp³-hybridized carbons (Fsp3) is 0. The number of halogens is 2. The Kier molecular flexibility index (Phi) is 3.23. The van der Waals surface area contributed by atoms with E-state index in [1.54, 1.807) is 24.3 Å². The molecule has 0 saturated carbocycles. The molecule has 0 aliphatic rings. The fourth-order valence-corrected chi connectivity index (χ4v) is 2.17. The Morgan fingerprint density at radius 2 is 2.20 bits per heavy atom. The first kappa shape index (κ1) is 12.8. The number of carbonyl (C=O) groups is 1. The Labute approximate surface area is 122 Å². The molecule has 0 amide bonds. The summed E-state index contributed by atoms with van der Waals surface area (Å²) in [6.45, 7) is 0. The average molecular weight is 335 g/mol. The molecule has 2 aromatic heterocycles. The van der Waals surface area contributed by atoms with E-state index in [-0.39, 0.29) is 0 Å². The number of rotatable bonds is 3. The quantitative estimate of drug-likeness (QED) is 0.683. The van der Waals surface area contributed by atoms with Gasteiger partial charge in [0, 0.05) is 6.07 Å². The summed E-state index contributed by atoms with van der Waals surface area (Å²) >= 11 is 3.10. The van der Waals surface area contributed by atoms with Gasteiger partial charge >= 0.3 is 0 Å². The van der Waals surface area contributed by atoms with Gasteiger partial charge < -0.3 is 4.42 Å². The van der Waals surface area contributed by atoms with Gasteiger partial charge in [0.05, 0.1) is 28.2 Å². The summed E-state index contributed by atoms with van der Waals surface area (Å²) < 4.78 is 20.8. The number of carbonyl (C=O) groups excluding carboxylic acids is 1. The van der Waals surface area contributed by atoms with Crippen molar-refractivity contribution >= 4 is 22.2 Å². The first-order valence-corrected chi connectivity index (χ1v) is 6.52. The number of nitrogens with zero attached hydrogens (tertiary/aromatic N) is 2. The van der Waals surface area contributed by atoms with E-state index in [0.717, 1.165) is 0 Å². The highest BCUT2D eigenvalue weighted by molar-refractivity contribution is 9.10. The lowest BCUT2D eigenvalue weighted by Crippen LogP contribution is -2.00. The first-order valence-electron chi connectivity index (χ1n) is 5.73. The topological polar surface area (TPSA) is 48.0 Å². The Hall–Kier alpha value is -2.21. The Bertz CT molecular complexity index is 766. The van der Waals surface area contributed by atoms with E-state index in [2.05, 4.69) is 21.0 Å². The third kappa shape index (κ3) is 2.08. The average Bonchev–Trinajstić information content (AvgIpc) is 3.09. The largest absolute Gasteiger partial charge is 0.463 e. The van der Waals surface area contributed by atoms with Gasteiger partial charge in [0.2, 0.25) is 0 Å². The molecule has 0 saturated heterocycles. The number of aldehydes is 1. The number of hydrogen-bond donors (Lipinski definition) is 0. The van der Waals surface area contributed by atoms with E-state index in [9.17, 15) is 9.18 Å². The SMILES string of the molecule is O=Cc1cnn(-c2ccc(Br)c(F)c2)c1-c1ccco1. The highest BCUT2D eigenvalue weighted by Gasteiger charge is 2.16. The second kappa shape index (κ2) is 5.05. The lowest BCUT2D eigenvalue weighted by Gasteiger charge is -2.07. The molecular weight excluding hydrogens is 327 g/mol. The maximum atomic E-state index is 13.6. The second-order valence-corrected chi connectivity index (χ2v) is 4.91. The molecule has 4 nitrogen and oxygen atoms in total. The number of aromatic nitrogens is 2. The predicted octanol–water partition coefficient (Wildman–Crippen LogP) is 3.85. The number of furan rings is 1. The van der Waals surface area contributed by atoms with Crippen LogP contribution in [-0.2, 0) is 0 Å². The van der Waals surface area contributed by atoms with Gasteiger partial charge in [-0.15, -0.1) is 0 Å². The third-order valence-electron chi connectivity index (χ3n) is 2.83. The van der Waals surface area contributed by atoms with Gasteiger partial charge in [-0.1, -0.05) is 0 Å². The summed E-state index contributed by atoms with van der Waals surface area (Å²) in [5.74, 6) is 0.0870. The van der Waals surface area contributed by atoms with Gasteiger partial charge in [-0.05, 0) is 40.2 Å². The molecule has 2 heterocycles. The van der Waals surface area contributed by atoms with Crippen LogP contribution >= 0.6 is 15.9 Å². The minimum atomic E-state index is -0.406. The molecule has 20 heavy (non-hydrogen) atoms. The standard InChI is InChI=1S/C14H8BrFN2O2/c15-11-4-3-10(6-12(11)16)18-14(9(8-19)7-17-18)13-2-1-5-20-13/h1-8H. The van der Waals surface area contributed by atoms with Gasteiger partial charge in [-0.25, -0.2) is 9.07 Å². The van der Waals surface area contributed by atoms with Crippen LogP contribution in [0.4, 0.5) is 4.39 Å². The van der Waals surface area contributed by atoms with Crippen molar-refractivity contribution < 1.29 is 13.6 Å². The molecule has 3 aromatic rings. The molecule has 6 heteroatoms. The Morgan fingerprint density at radius 3 is 2.85 bits per heavy atom. The summed E-state index contributed by atoms with van der Waals surface area (Å²) in [5, 5.41) is 4.13. The molecule has 0 atom stereocenters. The minimum absolute atomic E-state index is 0.364. The van der Waals surface area contributed by atoms with Crippen molar-refractivity contribution in [3.63, 3.8) is 0 Å². The summed E-state index contributed by atoms with van der Waals surface area (Å²) in [7, 11) is 0. The van der Waals surface area contributed by atoms with Gasteiger partial charge in [-0.3, -0.25) is 4.79 Å². The highest BCUT2D eigenvalue weighted by Crippen LogP contribution is 2.27. The van der Waals surface area contributed by atoms with E-state index < -0.39 is 5.82 Å². The summed E-state index contributed by atoms with van der Waals surface area (Å²) in [4.78, 5) is 11.1. The summed E-state index contributed by atoms with van der Waals surface area (Å²) in [6.07, 6.45) is 3.62. The minimum Gasteiger partial charge on any atom is -0.463 e. The van der Waals surface area contributed by atoms with Crippen molar-refractivity contribution in [1.29, 1.82) is 0 Å². The summed E-state index contributed by atoms with van der Waals surface area (Å²) in [6, 6.07) is 8.04. The molecule has 1 aromatic carbocycles. The van der Waals surface area contributed by atoms with Crippen LogP contribution in [0, 0.1) is 5.82 Å². The smallest absolute Gasteiger partial charge is 0.153 e. The monoisotopic (exact) mass is 334 g/mol. The van der Waals surface area contributed by atoms with Crippen molar-refractivity contribution in [3.8, 4) is 17.1 Å². The van der Waals surface area contributed by atoms with E-state index in [0.29, 0.717) is 33.5 Å². The van der Waals surface area contributed by atoms with Crippen LogP contribution in [0.15, 0.2) is 51.7 Å². The van der Waals surface area contributed by atoms with Crippen LogP contribution in [0.5, 0.6) is 0 Å². The molecule has 0 aliphatic heterocycles. The molecular formula is C14H8BrFN2O2. The van der Waals surface area contributed by atoms with Crippen LogP contribution in [0.1, 0.15) is 10.4 Å². The maximum Gasteiger partial charge on any atom is 0.153 e. The van der Waals surface area contributed by atoms with Gasteiger partial charge in [0.15, 0.2) is 12.0 Å². The highest BCUT2D eigenvalue weighted by atomic mass is 79.9. The predicted molar refractivity (Wildman–Crippen MR) is 74.3 cm³/mol. The molecule has 0 bridgehead atoms. The van der Waals surface area contributed by atoms with E-state index in [4.69, 9.17) is 4.42 Å². The van der Waals surface area contributed by atoms with Gasteiger partial charge in [-0.2, -0.15) is 5.10 Å². The van der Waals surface area contributed by atoms with Crippen molar-refractivity contribution in [3.05, 3.63) is 58.6 Å². The van der Waals surface area contributed by atoms with E-state index in [1.165, 1.54) is 23.2 Å². The summed E-state index contributed by atoms with van der Waals surface area (Å²) in [5.41, 5.74) is 1.38. The zero-order valence-corrected chi connectivity index (χ0v) is 11.7. The zero-order valence-electron chi connectivity index (χ0n) is 10.1. The van der Waals surface area contributed by atoms with Crippen LogP contribution in [-0.4, -0.2) is 16.1 Å². The lowest BCUT2D eigenvalue weighted by atomic mass is 10.2. The van der Waals surface area contributed by atoms with Crippen molar-refractivity contribution in [1.82, 2.24) is 9.78 Å². The van der Waals surface area contributed by atoms with Crippen molar-refractivity contribution in [2.75, 3.05) is 0 Å². The molecule has 0 N–H and O–H groups in total. The maximum absolute atomic E-state index is 13.6. The van der Waals surface area contributed by atoms with Crippen molar-refractivity contribution in [2.24, 2.45) is 0 Å². The Morgan fingerprint density at radius 1 is 1.35 bits per heavy atom. The van der Waals surface area contributed by atoms with Crippen LogP contribution < -0.4 is 0 Å². The van der Waals surface area contributed by atoms with Crippen LogP contribution in [0.2, 0.25) is 0 Å². The number of hydrogen-bond acceptors (Lipinski definition) is 3. The van der Waals surface area contributed by atoms with Gasteiger partial charge in [0.25, 0.3) is 0 Å². The fourth-order valence-electron chi connectivity index (χ4n) is 1.92. The third-order valence-corrected chi connectivity index (χ3v) is 3.47.